The Kier molecular flexibility index (Phi) is 5.32. The highest BCUT2D eigenvalue weighted by Gasteiger charge is 2.15. The molecule has 0 bridgehead atoms. The lowest BCUT2D eigenvalue weighted by atomic mass is 10.1. The van der Waals surface area contributed by atoms with Crippen molar-refractivity contribution in [2.45, 2.75) is 46.1 Å². The summed E-state index contributed by atoms with van der Waals surface area (Å²) in [6.07, 6.45) is 2.10. The van der Waals surface area contributed by atoms with Gasteiger partial charge in [0.15, 0.2) is 0 Å². The van der Waals surface area contributed by atoms with E-state index in [1.165, 1.54) is 11.3 Å². The number of amides is 1. The first-order valence-electron chi connectivity index (χ1n) is 6.05. The molecule has 0 saturated carbocycles. The Hall–Kier alpha value is -1.38. The molecule has 1 aromatic heterocycles. The van der Waals surface area contributed by atoms with Crippen molar-refractivity contribution in [1.29, 1.82) is 5.26 Å². The van der Waals surface area contributed by atoms with Gasteiger partial charge in [0, 0.05) is 17.3 Å². The van der Waals surface area contributed by atoms with Crippen molar-refractivity contribution in [2.75, 3.05) is 5.32 Å². The van der Waals surface area contributed by atoms with E-state index in [0.29, 0.717) is 17.0 Å². The van der Waals surface area contributed by atoms with Crippen LogP contribution in [0.5, 0.6) is 0 Å². The van der Waals surface area contributed by atoms with Crippen LogP contribution in [-0.2, 0) is 4.79 Å². The standard InChI is InChI=1S/C13H19N3OS/c1-4-5-10(15)6-12(17)16-13-11(7-14)8(2)9(3)18-13/h10H,4-6,15H2,1-3H3,(H,16,17). The summed E-state index contributed by atoms with van der Waals surface area (Å²) < 4.78 is 0. The monoisotopic (exact) mass is 265 g/mol. The molecule has 1 aromatic rings. The van der Waals surface area contributed by atoms with Crippen LogP contribution in [0.2, 0.25) is 0 Å². The van der Waals surface area contributed by atoms with Crippen LogP contribution in [0.15, 0.2) is 0 Å². The molecule has 0 aromatic carbocycles. The van der Waals surface area contributed by atoms with Crippen molar-refractivity contribution in [3.8, 4) is 6.07 Å². The predicted octanol–water partition coefficient (Wildman–Crippen LogP) is 2.69. The summed E-state index contributed by atoms with van der Waals surface area (Å²) in [5, 5.41) is 12.5. The Bertz CT molecular complexity index is 473. The predicted molar refractivity (Wildman–Crippen MR) is 74.6 cm³/mol. The number of anilines is 1. The largest absolute Gasteiger partial charge is 0.327 e. The number of rotatable bonds is 5. The second-order valence-corrected chi connectivity index (χ2v) is 5.62. The SMILES string of the molecule is CCCC(N)CC(=O)Nc1sc(C)c(C)c1C#N. The van der Waals surface area contributed by atoms with Crippen LogP contribution in [0.4, 0.5) is 5.00 Å². The smallest absolute Gasteiger partial charge is 0.226 e. The van der Waals surface area contributed by atoms with Crippen molar-refractivity contribution >= 4 is 22.2 Å². The number of carbonyl (C=O) groups excluding carboxylic acids is 1. The highest BCUT2D eigenvalue weighted by atomic mass is 32.1. The highest BCUT2D eigenvalue weighted by molar-refractivity contribution is 7.16. The lowest BCUT2D eigenvalue weighted by Crippen LogP contribution is -2.26. The Morgan fingerprint density at radius 2 is 2.22 bits per heavy atom. The van der Waals surface area contributed by atoms with E-state index in [9.17, 15) is 4.79 Å². The maximum absolute atomic E-state index is 11.8. The average Bonchev–Trinajstić information content (AvgIpc) is 2.54. The van der Waals surface area contributed by atoms with E-state index < -0.39 is 0 Å². The number of nitriles is 1. The fraction of sp³-hybridized carbons (Fsp3) is 0.538. The van der Waals surface area contributed by atoms with Gasteiger partial charge in [0.2, 0.25) is 5.91 Å². The number of aryl methyl sites for hydroxylation is 1. The average molecular weight is 265 g/mol. The zero-order valence-electron chi connectivity index (χ0n) is 11.0. The Labute approximate surface area is 112 Å². The minimum absolute atomic E-state index is 0.109. The van der Waals surface area contributed by atoms with Gasteiger partial charge < -0.3 is 11.1 Å². The Balaban J connectivity index is 2.71. The van der Waals surface area contributed by atoms with E-state index in [2.05, 4.69) is 11.4 Å². The van der Waals surface area contributed by atoms with Crippen LogP contribution >= 0.6 is 11.3 Å². The third-order valence-electron chi connectivity index (χ3n) is 2.86. The van der Waals surface area contributed by atoms with E-state index >= 15 is 0 Å². The third kappa shape index (κ3) is 3.56. The summed E-state index contributed by atoms with van der Waals surface area (Å²) >= 11 is 1.44. The van der Waals surface area contributed by atoms with Gasteiger partial charge in [-0.3, -0.25) is 4.79 Å². The quantitative estimate of drug-likeness (QED) is 0.859. The van der Waals surface area contributed by atoms with Gasteiger partial charge in [0.05, 0.1) is 5.56 Å². The van der Waals surface area contributed by atoms with Gasteiger partial charge in [0.1, 0.15) is 11.1 Å². The van der Waals surface area contributed by atoms with E-state index in [1.54, 1.807) is 0 Å². The molecule has 4 nitrogen and oxygen atoms in total. The molecule has 1 heterocycles. The van der Waals surface area contributed by atoms with E-state index in [1.807, 2.05) is 20.8 Å². The van der Waals surface area contributed by atoms with Crippen molar-refractivity contribution in [2.24, 2.45) is 5.73 Å². The maximum atomic E-state index is 11.8. The third-order valence-corrected chi connectivity index (χ3v) is 3.98. The number of hydrogen-bond acceptors (Lipinski definition) is 4. The van der Waals surface area contributed by atoms with Crippen LogP contribution < -0.4 is 11.1 Å². The zero-order valence-corrected chi connectivity index (χ0v) is 11.9. The first-order valence-corrected chi connectivity index (χ1v) is 6.86. The lowest BCUT2D eigenvalue weighted by molar-refractivity contribution is -0.116. The summed E-state index contributed by atoms with van der Waals surface area (Å²) in [5.41, 5.74) is 7.33. The first kappa shape index (κ1) is 14.7. The Morgan fingerprint density at radius 1 is 1.56 bits per heavy atom. The summed E-state index contributed by atoms with van der Waals surface area (Å²) in [6.45, 7) is 5.87. The van der Waals surface area contributed by atoms with Crippen LogP contribution in [0.25, 0.3) is 0 Å². The van der Waals surface area contributed by atoms with Crippen LogP contribution in [0, 0.1) is 25.2 Å². The van der Waals surface area contributed by atoms with Gasteiger partial charge in [0.25, 0.3) is 0 Å². The van der Waals surface area contributed by atoms with Crippen molar-refractivity contribution < 1.29 is 4.79 Å². The highest BCUT2D eigenvalue weighted by Crippen LogP contribution is 2.31. The Morgan fingerprint density at radius 3 is 2.78 bits per heavy atom. The molecule has 1 unspecified atom stereocenters. The molecule has 18 heavy (non-hydrogen) atoms. The van der Waals surface area contributed by atoms with Gasteiger partial charge in [-0.2, -0.15) is 5.26 Å². The van der Waals surface area contributed by atoms with Crippen molar-refractivity contribution in [1.82, 2.24) is 0 Å². The van der Waals surface area contributed by atoms with E-state index in [-0.39, 0.29) is 11.9 Å². The first-order chi connectivity index (χ1) is 8.49. The number of nitrogens with one attached hydrogen (secondary N) is 1. The topological polar surface area (TPSA) is 78.9 Å². The number of thiophene rings is 1. The number of carbonyl (C=O) groups is 1. The fourth-order valence-corrected chi connectivity index (χ4v) is 2.77. The van der Waals surface area contributed by atoms with Crippen LogP contribution in [0.3, 0.4) is 0 Å². The summed E-state index contributed by atoms with van der Waals surface area (Å²) in [5.74, 6) is -0.117. The molecule has 98 valence electrons. The second-order valence-electron chi connectivity index (χ2n) is 4.40. The number of nitrogens with zero attached hydrogens (tertiary/aromatic N) is 1. The van der Waals surface area contributed by atoms with Gasteiger partial charge in [-0.1, -0.05) is 13.3 Å². The molecule has 0 fully saturated rings. The molecular weight excluding hydrogens is 246 g/mol. The summed E-state index contributed by atoms with van der Waals surface area (Å²) in [4.78, 5) is 12.8. The molecular formula is C13H19N3OS. The lowest BCUT2D eigenvalue weighted by Gasteiger charge is -2.09. The molecule has 0 aliphatic carbocycles. The van der Waals surface area contributed by atoms with Gasteiger partial charge in [-0.15, -0.1) is 11.3 Å². The zero-order chi connectivity index (χ0) is 13.7. The minimum Gasteiger partial charge on any atom is -0.327 e. The van der Waals surface area contributed by atoms with Crippen molar-refractivity contribution in [3.63, 3.8) is 0 Å². The molecule has 5 heteroatoms. The molecule has 0 saturated heterocycles. The van der Waals surface area contributed by atoms with Crippen molar-refractivity contribution in [3.05, 3.63) is 16.0 Å². The molecule has 1 atom stereocenters. The number of nitrogens with two attached hydrogens (primary N) is 1. The molecule has 3 N–H and O–H groups in total. The molecule has 0 aliphatic rings. The molecule has 1 amide bonds. The normalized spacial score (nSPS) is 11.9. The van der Waals surface area contributed by atoms with E-state index in [0.717, 1.165) is 23.3 Å². The number of hydrogen-bond donors (Lipinski definition) is 2. The van der Waals surface area contributed by atoms with Crippen LogP contribution in [-0.4, -0.2) is 11.9 Å². The van der Waals surface area contributed by atoms with Gasteiger partial charge >= 0.3 is 0 Å². The van der Waals surface area contributed by atoms with Crippen LogP contribution in [0.1, 0.15) is 42.2 Å². The fourth-order valence-electron chi connectivity index (χ4n) is 1.74. The molecule has 0 spiro atoms. The summed E-state index contributed by atoms with van der Waals surface area (Å²) in [7, 11) is 0. The van der Waals surface area contributed by atoms with Gasteiger partial charge in [-0.25, -0.2) is 0 Å². The molecule has 1 rings (SSSR count). The minimum atomic E-state index is -0.117. The van der Waals surface area contributed by atoms with Gasteiger partial charge in [-0.05, 0) is 25.8 Å². The molecule has 0 radical (unpaired) electrons. The maximum Gasteiger partial charge on any atom is 0.226 e. The second kappa shape index (κ2) is 6.53. The summed E-state index contributed by atoms with van der Waals surface area (Å²) in [6, 6.07) is 2.02. The van der Waals surface area contributed by atoms with E-state index in [4.69, 9.17) is 11.0 Å². The molecule has 0 aliphatic heterocycles.